The van der Waals surface area contributed by atoms with Crippen LogP contribution in [0, 0.1) is 11.8 Å². The third-order valence-electron chi connectivity index (χ3n) is 9.19. The maximum absolute atomic E-state index is 14.5. The second-order valence-corrected chi connectivity index (χ2v) is 12.0. The summed E-state index contributed by atoms with van der Waals surface area (Å²) in [6, 6.07) is 6.60. The summed E-state index contributed by atoms with van der Waals surface area (Å²) in [6.45, 7) is 8.42. The molecule has 9 heteroatoms. The van der Waals surface area contributed by atoms with Crippen molar-refractivity contribution < 1.29 is 29.0 Å². The van der Waals surface area contributed by atoms with Crippen molar-refractivity contribution in [2.45, 2.75) is 76.5 Å². The molecule has 1 unspecified atom stereocenters. The molecule has 4 aliphatic rings. The Hall–Kier alpha value is -3.17. The Morgan fingerprint density at radius 1 is 0.881 bits per heavy atom. The lowest BCUT2D eigenvalue weighted by molar-refractivity contribution is -0.150. The van der Waals surface area contributed by atoms with E-state index in [1.165, 1.54) is 0 Å². The van der Waals surface area contributed by atoms with Crippen LogP contribution in [-0.2, 0) is 19.1 Å². The quantitative estimate of drug-likeness (QED) is 0.300. The molecule has 1 aromatic rings. The van der Waals surface area contributed by atoms with Crippen molar-refractivity contribution in [3.63, 3.8) is 0 Å². The molecule has 228 valence electrons. The van der Waals surface area contributed by atoms with Crippen LogP contribution in [-0.4, -0.2) is 89.3 Å². The SMILES string of the molecule is CCCCN1CC=C[C@]23O[C@]4(C)C=CCN(c5ccc(OCC)cc5)C(=O)[C@@H]4[C@H]2C(=O)N(CCCCCCO)C3C1=O. The fourth-order valence-electron chi connectivity index (χ4n) is 7.23. The molecule has 5 atom stereocenters. The van der Waals surface area contributed by atoms with Gasteiger partial charge in [-0.2, -0.15) is 0 Å². The molecule has 3 amide bonds. The zero-order chi connectivity index (χ0) is 29.9. The van der Waals surface area contributed by atoms with E-state index in [1.807, 2.05) is 67.3 Å². The number of fused-ring (bicyclic) bond motifs is 2. The second-order valence-electron chi connectivity index (χ2n) is 12.0. The van der Waals surface area contributed by atoms with E-state index < -0.39 is 29.1 Å². The number of amides is 3. The summed E-state index contributed by atoms with van der Waals surface area (Å²) >= 11 is 0. The van der Waals surface area contributed by atoms with E-state index in [1.54, 1.807) is 9.80 Å². The van der Waals surface area contributed by atoms with Crippen molar-refractivity contribution in [2.24, 2.45) is 11.8 Å². The number of hydrogen-bond donors (Lipinski definition) is 1. The summed E-state index contributed by atoms with van der Waals surface area (Å²) in [5.41, 5.74) is -1.56. The third-order valence-corrected chi connectivity index (χ3v) is 9.19. The number of aliphatic hydroxyl groups excluding tert-OH is 1. The molecule has 0 aliphatic carbocycles. The number of hydrogen-bond acceptors (Lipinski definition) is 6. The third kappa shape index (κ3) is 5.26. The van der Waals surface area contributed by atoms with Gasteiger partial charge >= 0.3 is 0 Å². The molecule has 1 N–H and O–H groups in total. The fraction of sp³-hybridized carbons (Fsp3) is 0.606. The van der Waals surface area contributed by atoms with Gasteiger partial charge in [-0.15, -0.1) is 0 Å². The standard InChI is InChI=1S/C33H45N3O6/c1-4-6-19-34-20-12-18-33-27(30(39)36(28(33)31(34)40)21-9-7-8-10-23-37)26-29(38)35(22-11-17-32(26,3)42-33)24-13-15-25(16-14-24)41-5-2/h11-18,26-28,37H,4-10,19-23H2,1-3H3/t26-,27-,28?,32+,33-/m0/s1. The van der Waals surface area contributed by atoms with Gasteiger partial charge in [0.05, 0.1) is 24.0 Å². The molecule has 5 rings (SSSR count). The Balaban J connectivity index is 1.52. The number of carbonyl (C=O) groups is 3. The van der Waals surface area contributed by atoms with Crippen molar-refractivity contribution in [3.05, 3.63) is 48.6 Å². The molecule has 4 aliphatic heterocycles. The number of nitrogens with zero attached hydrogens (tertiary/aromatic N) is 3. The summed E-state index contributed by atoms with van der Waals surface area (Å²) in [7, 11) is 0. The highest BCUT2D eigenvalue weighted by molar-refractivity contribution is 6.04. The maximum atomic E-state index is 14.5. The minimum absolute atomic E-state index is 0.112. The summed E-state index contributed by atoms with van der Waals surface area (Å²) in [6.07, 6.45) is 12.7. The molecule has 9 nitrogen and oxygen atoms in total. The fourth-order valence-corrected chi connectivity index (χ4v) is 7.23. The van der Waals surface area contributed by atoms with Crippen LogP contribution < -0.4 is 9.64 Å². The van der Waals surface area contributed by atoms with Crippen molar-refractivity contribution in [1.29, 1.82) is 0 Å². The van der Waals surface area contributed by atoms with Crippen molar-refractivity contribution >= 4 is 23.4 Å². The smallest absolute Gasteiger partial charge is 0.249 e. The van der Waals surface area contributed by atoms with Gasteiger partial charge in [0.1, 0.15) is 17.4 Å². The van der Waals surface area contributed by atoms with Crippen LogP contribution in [0.1, 0.15) is 59.3 Å². The van der Waals surface area contributed by atoms with Gasteiger partial charge in [-0.1, -0.05) is 50.5 Å². The van der Waals surface area contributed by atoms with Gasteiger partial charge < -0.3 is 29.3 Å². The van der Waals surface area contributed by atoms with Crippen LogP contribution in [0.25, 0.3) is 0 Å². The Morgan fingerprint density at radius 3 is 2.33 bits per heavy atom. The van der Waals surface area contributed by atoms with Gasteiger partial charge in [-0.3, -0.25) is 14.4 Å². The Bertz CT molecular complexity index is 1210. The van der Waals surface area contributed by atoms with E-state index in [4.69, 9.17) is 9.47 Å². The van der Waals surface area contributed by atoms with Crippen LogP contribution in [0.3, 0.4) is 0 Å². The average Bonchev–Trinajstić information content (AvgIpc) is 3.24. The molecule has 4 heterocycles. The van der Waals surface area contributed by atoms with Gasteiger partial charge in [0.2, 0.25) is 17.7 Å². The number of carbonyl (C=O) groups excluding carboxylic acids is 3. The van der Waals surface area contributed by atoms with Crippen molar-refractivity contribution in [2.75, 3.05) is 44.3 Å². The van der Waals surface area contributed by atoms with E-state index in [0.717, 1.165) is 37.1 Å². The number of anilines is 1. The number of ether oxygens (including phenoxy) is 2. The lowest BCUT2D eigenvalue weighted by Crippen LogP contribution is -2.56. The number of rotatable bonds is 12. The molecular formula is C33H45N3O6. The van der Waals surface area contributed by atoms with E-state index in [2.05, 4.69) is 6.92 Å². The lowest BCUT2D eigenvalue weighted by atomic mass is 9.74. The molecule has 2 saturated heterocycles. The van der Waals surface area contributed by atoms with Crippen LogP contribution in [0.2, 0.25) is 0 Å². The zero-order valence-corrected chi connectivity index (χ0v) is 25.2. The van der Waals surface area contributed by atoms with Gasteiger partial charge in [0.25, 0.3) is 0 Å². The van der Waals surface area contributed by atoms with Gasteiger partial charge in [0, 0.05) is 38.5 Å². The predicted octanol–water partition coefficient (Wildman–Crippen LogP) is 3.71. The molecular weight excluding hydrogens is 534 g/mol. The van der Waals surface area contributed by atoms with Crippen LogP contribution in [0.5, 0.6) is 5.75 Å². The molecule has 42 heavy (non-hydrogen) atoms. The Labute approximate surface area is 249 Å². The first kappa shape index (κ1) is 30.3. The van der Waals surface area contributed by atoms with E-state index in [-0.39, 0.29) is 24.3 Å². The Kier molecular flexibility index (Phi) is 9.08. The molecule has 1 spiro atoms. The Morgan fingerprint density at radius 2 is 1.62 bits per heavy atom. The zero-order valence-electron chi connectivity index (χ0n) is 25.2. The van der Waals surface area contributed by atoms with E-state index in [9.17, 15) is 19.5 Å². The number of aliphatic hydroxyl groups is 1. The average molecular weight is 580 g/mol. The summed E-state index contributed by atoms with van der Waals surface area (Å²) in [4.78, 5) is 48.4. The number of benzene rings is 1. The number of likely N-dealkylation sites (tertiary alicyclic amines) is 1. The monoisotopic (exact) mass is 579 g/mol. The summed E-state index contributed by atoms with van der Waals surface area (Å²) in [5.74, 6) is -1.38. The highest BCUT2D eigenvalue weighted by Gasteiger charge is 2.74. The summed E-state index contributed by atoms with van der Waals surface area (Å²) in [5, 5.41) is 9.18. The van der Waals surface area contributed by atoms with Crippen LogP contribution in [0.4, 0.5) is 5.69 Å². The minimum Gasteiger partial charge on any atom is -0.494 e. The molecule has 0 saturated carbocycles. The molecule has 0 aromatic heterocycles. The highest BCUT2D eigenvalue weighted by atomic mass is 16.5. The topological polar surface area (TPSA) is 99.6 Å². The first-order valence-corrected chi connectivity index (χ1v) is 15.6. The lowest BCUT2D eigenvalue weighted by Gasteiger charge is -2.37. The highest BCUT2D eigenvalue weighted by Crippen LogP contribution is 2.57. The van der Waals surface area contributed by atoms with Crippen molar-refractivity contribution in [1.82, 2.24) is 9.80 Å². The van der Waals surface area contributed by atoms with Crippen LogP contribution >= 0.6 is 0 Å². The van der Waals surface area contributed by atoms with Crippen LogP contribution in [0.15, 0.2) is 48.6 Å². The first-order valence-electron chi connectivity index (χ1n) is 15.6. The predicted molar refractivity (Wildman–Crippen MR) is 160 cm³/mol. The molecule has 2 fully saturated rings. The van der Waals surface area contributed by atoms with Gasteiger partial charge in [0.15, 0.2) is 0 Å². The van der Waals surface area contributed by atoms with Crippen molar-refractivity contribution in [3.8, 4) is 5.75 Å². The second kappa shape index (κ2) is 12.6. The summed E-state index contributed by atoms with van der Waals surface area (Å²) < 4.78 is 12.5. The largest absolute Gasteiger partial charge is 0.494 e. The van der Waals surface area contributed by atoms with Gasteiger partial charge in [-0.05, 0) is 57.4 Å². The van der Waals surface area contributed by atoms with E-state index >= 15 is 0 Å². The first-order chi connectivity index (χ1) is 20.3. The van der Waals surface area contributed by atoms with E-state index in [0.29, 0.717) is 45.6 Å². The molecule has 1 aromatic carbocycles. The normalized spacial score (nSPS) is 30.3. The molecule has 0 radical (unpaired) electrons. The maximum Gasteiger partial charge on any atom is 0.249 e. The number of unbranched alkanes of at least 4 members (excludes halogenated alkanes) is 4. The molecule has 0 bridgehead atoms. The van der Waals surface area contributed by atoms with Gasteiger partial charge in [-0.25, -0.2) is 0 Å². The minimum atomic E-state index is -1.23.